The molecule has 1 aromatic rings. The van der Waals surface area contributed by atoms with Crippen LogP contribution < -0.4 is 10.1 Å². The molecule has 1 N–H and O–H groups in total. The van der Waals surface area contributed by atoms with E-state index in [-0.39, 0.29) is 12.1 Å². The minimum atomic E-state index is 0.161. The summed E-state index contributed by atoms with van der Waals surface area (Å²) in [6.45, 7) is 9.71. The van der Waals surface area contributed by atoms with Gasteiger partial charge in [0.25, 0.3) is 0 Å². The summed E-state index contributed by atoms with van der Waals surface area (Å²) in [6, 6.07) is 6.47. The van der Waals surface area contributed by atoms with E-state index in [4.69, 9.17) is 9.47 Å². The zero-order valence-corrected chi connectivity index (χ0v) is 13.7. The van der Waals surface area contributed by atoms with E-state index in [1.54, 1.807) is 14.2 Å². The van der Waals surface area contributed by atoms with Crippen LogP contribution in [0.15, 0.2) is 18.2 Å². The van der Waals surface area contributed by atoms with Gasteiger partial charge in [-0.05, 0) is 49.1 Å². The Hall–Kier alpha value is -1.06. The number of hydrogen-bond acceptors (Lipinski definition) is 3. The first-order chi connectivity index (χ1) is 9.54. The SMILES string of the molecule is CCCNC(c1ccc(OC)cc1C)C(OC)C(C)C. The third-order valence-electron chi connectivity index (χ3n) is 3.68. The number of aryl methyl sites for hydroxylation is 1. The third kappa shape index (κ3) is 4.22. The molecular formula is C17H29NO2. The van der Waals surface area contributed by atoms with Crippen molar-refractivity contribution in [1.29, 1.82) is 0 Å². The van der Waals surface area contributed by atoms with Gasteiger partial charge in [-0.2, -0.15) is 0 Å². The minimum Gasteiger partial charge on any atom is -0.497 e. The number of methoxy groups -OCH3 is 2. The quantitative estimate of drug-likeness (QED) is 0.787. The number of ether oxygens (including phenoxy) is 2. The molecule has 0 saturated heterocycles. The summed E-state index contributed by atoms with van der Waals surface area (Å²) in [6.07, 6.45) is 1.27. The molecule has 0 aliphatic heterocycles. The Balaban J connectivity index is 3.09. The fourth-order valence-corrected chi connectivity index (χ4v) is 2.62. The maximum absolute atomic E-state index is 5.74. The molecule has 0 heterocycles. The Morgan fingerprint density at radius 1 is 1.20 bits per heavy atom. The average molecular weight is 279 g/mol. The molecule has 0 aliphatic rings. The van der Waals surface area contributed by atoms with E-state index in [0.717, 1.165) is 18.7 Å². The summed E-state index contributed by atoms with van der Waals surface area (Å²) in [5.41, 5.74) is 2.53. The van der Waals surface area contributed by atoms with Gasteiger partial charge in [-0.25, -0.2) is 0 Å². The second-order valence-corrected chi connectivity index (χ2v) is 5.60. The number of hydrogen-bond donors (Lipinski definition) is 1. The Labute approximate surface area is 123 Å². The van der Waals surface area contributed by atoms with E-state index in [0.29, 0.717) is 5.92 Å². The standard InChI is InChI=1S/C17H29NO2/c1-7-10-18-16(17(20-6)12(2)3)15-9-8-14(19-5)11-13(15)4/h8-9,11-12,16-18H,7,10H2,1-6H3. The summed E-state index contributed by atoms with van der Waals surface area (Å²) in [5, 5.41) is 3.63. The van der Waals surface area contributed by atoms with E-state index in [1.807, 2.05) is 6.07 Å². The van der Waals surface area contributed by atoms with Gasteiger partial charge in [0.15, 0.2) is 0 Å². The molecule has 3 heteroatoms. The zero-order chi connectivity index (χ0) is 15.1. The summed E-state index contributed by atoms with van der Waals surface area (Å²) in [5.74, 6) is 1.36. The van der Waals surface area contributed by atoms with Crippen molar-refractivity contribution in [3.63, 3.8) is 0 Å². The van der Waals surface area contributed by atoms with Crippen molar-refractivity contribution in [3.05, 3.63) is 29.3 Å². The van der Waals surface area contributed by atoms with Gasteiger partial charge in [0.2, 0.25) is 0 Å². The maximum atomic E-state index is 5.74. The van der Waals surface area contributed by atoms with Crippen molar-refractivity contribution < 1.29 is 9.47 Å². The van der Waals surface area contributed by atoms with E-state index in [1.165, 1.54) is 11.1 Å². The number of rotatable bonds is 8. The van der Waals surface area contributed by atoms with Crippen molar-refractivity contribution in [1.82, 2.24) is 5.32 Å². The normalized spacial score (nSPS) is 14.3. The highest BCUT2D eigenvalue weighted by molar-refractivity contribution is 5.37. The monoisotopic (exact) mass is 279 g/mol. The Bertz CT molecular complexity index is 404. The number of benzene rings is 1. The van der Waals surface area contributed by atoms with Crippen LogP contribution in [0.4, 0.5) is 0 Å². The molecule has 0 aliphatic carbocycles. The summed E-state index contributed by atoms with van der Waals surface area (Å²) in [4.78, 5) is 0. The van der Waals surface area contributed by atoms with Gasteiger partial charge in [0.05, 0.1) is 19.3 Å². The predicted octanol–water partition coefficient (Wildman–Crippen LogP) is 3.72. The van der Waals surface area contributed by atoms with Crippen LogP contribution in [0.3, 0.4) is 0 Å². The van der Waals surface area contributed by atoms with E-state index < -0.39 is 0 Å². The second kappa shape index (κ2) is 8.28. The molecule has 3 nitrogen and oxygen atoms in total. The van der Waals surface area contributed by atoms with Gasteiger partial charge in [-0.1, -0.05) is 26.8 Å². The summed E-state index contributed by atoms with van der Waals surface area (Å²) >= 11 is 0. The Kier molecular flexibility index (Phi) is 7.03. The minimum absolute atomic E-state index is 0.161. The highest BCUT2D eigenvalue weighted by Crippen LogP contribution is 2.29. The topological polar surface area (TPSA) is 30.5 Å². The third-order valence-corrected chi connectivity index (χ3v) is 3.68. The molecule has 1 rings (SSSR count). The van der Waals surface area contributed by atoms with Gasteiger partial charge in [0.1, 0.15) is 5.75 Å². The predicted molar refractivity (Wildman–Crippen MR) is 84.4 cm³/mol. The molecule has 0 spiro atoms. The zero-order valence-electron chi connectivity index (χ0n) is 13.7. The lowest BCUT2D eigenvalue weighted by Gasteiger charge is -2.31. The van der Waals surface area contributed by atoms with E-state index in [9.17, 15) is 0 Å². The Morgan fingerprint density at radius 2 is 1.90 bits per heavy atom. The molecule has 0 bridgehead atoms. The molecule has 0 aromatic heterocycles. The first-order valence-electron chi connectivity index (χ1n) is 7.45. The van der Waals surface area contributed by atoms with Crippen LogP contribution >= 0.6 is 0 Å². The van der Waals surface area contributed by atoms with Gasteiger partial charge < -0.3 is 14.8 Å². The van der Waals surface area contributed by atoms with E-state index >= 15 is 0 Å². The molecule has 0 amide bonds. The molecule has 20 heavy (non-hydrogen) atoms. The van der Waals surface area contributed by atoms with Gasteiger partial charge in [-0.15, -0.1) is 0 Å². The number of nitrogens with one attached hydrogen (secondary N) is 1. The molecule has 0 radical (unpaired) electrons. The van der Waals surface area contributed by atoms with Crippen LogP contribution in [0.1, 0.15) is 44.4 Å². The van der Waals surface area contributed by atoms with Crippen molar-refractivity contribution in [2.45, 2.75) is 46.3 Å². The highest BCUT2D eigenvalue weighted by atomic mass is 16.5. The summed E-state index contributed by atoms with van der Waals surface area (Å²) < 4.78 is 11.0. The fraction of sp³-hybridized carbons (Fsp3) is 0.647. The maximum Gasteiger partial charge on any atom is 0.119 e. The smallest absolute Gasteiger partial charge is 0.119 e. The van der Waals surface area contributed by atoms with Gasteiger partial charge in [-0.3, -0.25) is 0 Å². The lowest BCUT2D eigenvalue weighted by molar-refractivity contribution is 0.0325. The van der Waals surface area contributed by atoms with Crippen LogP contribution in [0.25, 0.3) is 0 Å². The van der Waals surface area contributed by atoms with Crippen molar-refractivity contribution in [2.24, 2.45) is 5.92 Å². The largest absolute Gasteiger partial charge is 0.497 e. The van der Waals surface area contributed by atoms with Gasteiger partial charge in [0, 0.05) is 7.11 Å². The highest BCUT2D eigenvalue weighted by Gasteiger charge is 2.26. The van der Waals surface area contributed by atoms with Crippen molar-refractivity contribution >= 4 is 0 Å². The lowest BCUT2D eigenvalue weighted by Crippen LogP contribution is -2.37. The summed E-state index contributed by atoms with van der Waals surface area (Å²) in [7, 11) is 3.50. The van der Waals surface area contributed by atoms with Crippen LogP contribution in [0.2, 0.25) is 0 Å². The lowest BCUT2D eigenvalue weighted by atomic mass is 9.90. The van der Waals surface area contributed by atoms with E-state index in [2.05, 4.69) is 45.1 Å². The first kappa shape index (κ1) is 17.0. The molecule has 0 fully saturated rings. The van der Waals surface area contributed by atoms with Crippen LogP contribution in [0, 0.1) is 12.8 Å². The van der Waals surface area contributed by atoms with Crippen LogP contribution in [0.5, 0.6) is 5.75 Å². The van der Waals surface area contributed by atoms with Crippen molar-refractivity contribution in [3.8, 4) is 5.75 Å². The molecule has 2 unspecified atom stereocenters. The van der Waals surface area contributed by atoms with Gasteiger partial charge >= 0.3 is 0 Å². The van der Waals surface area contributed by atoms with Crippen LogP contribution in [-0.2, 0) is 4.74 Å². The molecule has 114 valence electrons. The second-order valence-electron chi connectivity index (χ2n) is 5.60. The molecule has 2 atom stereocenters. The molecular weight excluding hydrogens is 250 g/mol. The molecule has 0 saturated carbocycles. The fourth-order valence-electron chi connectivity index (χ4n) is 2.62. The van der Waals surface area contributed by atoms with Crippen LogP contribution in [-0.4, -0.2) is 26.9 Å². The first-order valence-corrected chi connectivity index (χ1v) is 7.45. The van der Waals surface area contributed by atoms with Crippen molar-refractivity contribution in [2.75, 3.05) is 20.8 Å². The molecule has 1 aromatic carbocycles. The Morgan fingerprint density at radius 3 is 2.35 bits per heavy atom. The average Bonchev–Trinajstić information content (AvgIpc) is 2.43.